The van der Waals surface area contributed by atoms with Crippen molar-refractivity contribution < 1.29 is 0 Å². The summed E-state index contributed by atoms with van der Waals surface area (Å²) in [5, 5.41) is 4.20. The van der Waals surface area contributed by atoms with Crippen molar-refractivity contribution in [3.8, 4) is 12.3 Å². The molecule has 0 fully saturated rings. The van der Waals surface area contributed by atoms with Crippen molar-refractivity contribution in [2.24, 2.45) is 0 Å². The summed E-state index contributed by atoms with van der Waals surface area (Å²) in [7, 11) is 0. The molecule has 0 nitrogen and oxygen atoms in total. The molecule has 2 rings (SSSR count). The van der Waals surface area contributed by atoms with Crippen LogP contribution in [0.4, 0.5) is 0 Å². The van der Waals surface area contributed by atoms with Gasteiger partial charge in [-0.1, -0.05) is 12.0 Å². The molecule has 0 saturated carbocycles. The first-order valence-corrected chi connectivity index (χ1v) is 4.08. The summed E-state index contributed by atoms with van der Waals surface area (Å²) in [6.45, 7) is 0. The number of terminal acetylenes is 1. The molecule has 1 heteroatoms. The van der Waals surface area contributed by atoms with E-state index in [1.165, 1.54) is 4.70 Å². The van der Waals surface area contributed by atoms with Crippen molar-refractivity contribution in [3.05, 3.63) is 35.2 Å². The summed E-state index contributed by atoms with van der Waals surface area (Å²) >= 11 is 1.60. The Balaban J connectivity index is 2.92. The van der Waals surface area contributed by atoms with Gasteiger partial charge < -0.3 is 0 Å². The molecule has 0 saturated heterocycles. The molecule has 0 atom stereocenters. The van der Waals surface area contributed by atoms with E-state index < -0.39 is 0 Å². The van der Waals surface area contributed by atoms with Gasteiger partial charge in [0.2, 0.25) is 0 Å². The summed E-state index contributed by atoms with van der Waals surface area (Å²) in [5.74, 6) is 2.64. The lowest BCUT2D eigenvalue weighted by Crippen LogP contribution is -1.71. The van der Waals surface area contributed by atoms with E-state index in [1.807, 2.05) is 18.2 Å². The SMILES string of the molecule is C#Cc1cccc2s[c]cc12. The Labute approximate surface area is 69.5 Å². The zero-order valence-corrected chi connectivity index (χ0v) is 6.61. The second kappa shape index (κ2) is 2.41. The molecule has 51 valence electrons. The third-order valence-corrected chi connectivity index (χ3v) is 2.41. The Morgan fingerprint density at radius 3 is 3.18 bits per heavy atom. The molecule has 11 heavy (non-hydrogen) atoms. The van der Waals surface area contributed by atoms with Gasteiger partial charge in [0.05, 0.1) is 0 Å². The normalized spacial score (nSPS) is 9.73. The van der Waals surface area contributed by atoms with Crippen LogP contribution in [0.25, 0.3) is 10.1 Å². The van der Waals surface area contributed by atoms with Crippen LogP contribution in [-0.2, 0) is 0 Å². The second-order valence-corrected chi connectivity index (χ2v) is 3.11. The van der Waals surface area contributed by atoms with Crippen LogP contribution in [0.1, 0.15) is 5.56 Å². The summed E-state index contributed by atoms with van der Waals surface area (Å²) in [5.41, 5.74) is 0.958. The van der Waals surface area contributed by atoms with Gasteiger partial charge in [-0.3, -0.25) is 0 Å². The van der Waals surface area contributed by atoms with Gasteiger partial charge in [0.15, 0.2) is 0 Å². The van der Waals surface area contributed by atoms with Gasteiger partial charge in [-0.2, -0.15) is 0 Å². The Kier molecular flexibility index (Phi) is 1.41. The third-order valence-electron chi connectivity index (χ3n) is 1.59. The number of hydrogen-bond acceptors (Lipinski definition) is 1. The molecule has 1 heterocycles. The Bertz CT molecular complexity index is 418. The number of hydrogen-bond donors (Lipinski definition) is 0. The van der Waals surface area contributed by atoms with Crippen molar-refractivity contribution >= 4 is 21.4 Å². The fraction of sp³-hybridized carbons (Fsp3) is 0. The van der Waals surface area contributed by atoms with Crippen molar-refractivity contribution in [1.29, 1.82) is 0 Å². The molecule has 0 spiro atoms. The monoisotopic (exact) mass is 157 g/mol. The first kappa shape index (κ1) is 6.45. The Hall–Kier alpha value is -1.26. The smallest absolute Gasteiger partial charge is 0.0456 e. The standard InChI is InChI=1S/C10H5S/c1-2-8-4-3-5-10-9(8)6-7-11-10/h1,3-6H. The van der Waals surface area contributed by atoms with E-state index in [2.05, 4.69) is 17.4 Å². The number of thiophene rings is 1. The van der Waals surface area contributed by atoms with Crippen LogP contribution in [0.15, 0.2) is 24.3 Å². The quantitative estimate of drug-likeness (QED) is 0.516. The van der Waals surface area contributed by atoms with Crippen LogP contribution in [0.5, 0.6) is 0 Å². The first-order valence-electron chi connectivity index (χ1n) is 3.27. The van der Waals surface area contributed by atoms with Gasteiger partial charge >= 0.3 is 0 Å². The highest BCUT2D eigenvalue weighted by Gasteiger charge is 1.97. The molecule has 1 aromatic heterocycles. The molecule has 0 aliphatic rings. The summed E-state index contributed by atoms with van der Waals surface area (Å²) < 4.78 is 1.21. The Morgan fingerprint density at radius 2 is 2.36 bits per heavy atom. The topological polar surface area (TPSA) is 0 Å². The van der Waals surface area contributed by atoms with E-state index in [1.54, 1.807) is 11.3 Å². The molecule has 1 aromatic carbocycles. The fourth-order valence-electron chi connectivity index (χ4n) is 1.06. The number of rotatable bonds is 0. The van der Waals surface area contributed by atoms with Crippen molar-refractivity contribution in [1.82, 2.24) is 0 Å². The van der Waals surface area contributed by atoms with Gasteiger partial charge in [0, 0.05) is 21.0 Å². The number of benzene rings is 1. The fourth-order valence-corrected chi connectivity index (χ4v) is 1.79. The van der Waals surface area contributed by atoms with Crippen LogP contribution < -0.4 is 0 Å². The first-order chi connectivity index (χ1) is 5.42. The van der Waals surface area contributed by atoms with E-state index >= 15 is 0 Å². The van der Waals surface area contributed by atoms with E-state index in [0.29, 0.717) is 0 Å². The van der Waals surface area contributed by atoms with Gasteiger partial charge in [-0.15, -0.1) is 17.8 Å². The molecule has 0 amide bonds. The van der Waals surface area contributed by atoms with Crippen molar-refractivity contribution in [3.63, 3.8) is 0 Å². The zero-order valence-electron chi connectivity index (χ0n) is 5.79. The largest absolute Gasteiger partial charge is 0.134 e. The van der Waals surface area contributed by atoms with E-state index in [4.69, 9.17) is 6.42 Å². The molecule has 1 radical (unpaired) electrons. The highest BCUT2D eigenvalue weighted by Crippen LogP contribution is 2.22. The molecule has 0 bridgehead atoms. The lowest BCUT2D eigenvalue weighted by atomic mass is 10.1. The van der Waals surface area contributed by atoms with Gasteiger partial charge in [0.1, 0.15) is 0 Å². The molecule has 0 unspecified atom stereocenters. The lowest BCUT2D eigenvalue weighted by molar-refractivity contribution is 1.77. The lowest BCUT2D eigenvalue weighted by Gasteiger charge is -1.91. The van der Waals surface area contributed by atoms with Gasteiger partial charge in [0.25, 0.3) is 0 Å². The molecule has 0 aliphatic heterocycles. The minimum atomic E-state index is 0.958. The number of fused-ring (bicyclic) bond motifs is 1. The maximum atomic E-state index is 5.32. The molecule has 0 N–H and O–H groups in total. The zero-order chi connectivity index (χ0) is 7.68. The average molecular weight is 157 g/mol. The van der Waals surface area contributed by atoms with Crippen LogP contribution in [0.3, 0.4) is 0 Å². The van der Waals surface area contributed by atoms with Crippen LogP contribution in [0, 0.1) is 17.7 Å². The maximum absolute atomic E-state index is 5.32. The maximum Gasteiger partial charge on any atom is 0.0456 e. The highest BCUT2D eigenvalue weighted by molar-refractivity contribution is 7.16. The Morgan fingerprint density at radius 1 is 1.45 bits per heavy atom. The predicted octanol–water partition coefficient (Wildman–Crippen LogP) is 2.68. The molecule has 2 aromatic rings. The van der Waals surface area contributed by atoms with Crippen LogP contribution in [-0.4, -0.2) is 0 Å². The summed E-state index contributed by atoms with van der Waals surface area (Å²) in [4.78, 5) is 0. The van der Waals surface area contributed by atoms with E-state index in [0.717, 1.165) is 10.9 Å². The van der Waals surface area contributed by atoms with Crippen LogP contribution >= 0.6 is 11.3 Å². The molecular formula is C10H5S. The predicted molar refractivity (Wildman–Crippen MR) is 48.6 cm³/mol. The van der Waals surface area contributed by atoms with Gasteiger partial charge in [-0.25, -0.2) is 0 Å². The van der Waals surface area contributed by atoms with Crippen LogP contribution in [0.2, 0.25) is 0 Å². The van der Waals surface area contributed by atoms with Crippen molar-refractivity contribution in [2.75, 3.05) is 0 Å². The van der Waals surface area contributed by atoms with E-state index in [-0.39, 0.29) is 0 Å². The van der Waals surface area contributed by atoms with E-state index in [9.17, 15) is 0 Å². The minimum absolute atomic E-state index is 0.958. The summed E-state index contributed by atoms with van der Waals surface area (Å²) in [6.07, 6.45) is 5.32. The average Bonchev–Trinajstić information content (AvgIpc) is 2.50. The summed E-state index contributed by atoms with van der Waals surface area (Å²) in [6, 6.07) is 7.91. The molecular weight excluding hydrogens is 152 g/mol. The molecule has 0 aliphatic carbocycles. The highest BCUT2D eigenvalue weighted by atomic mass is 32.1. The minimum Gasteiger partial charge on any atom is -0.134 e. The third kappa shape index (κ3) is 0.923. The van der Waals surface area contributed by atoms with Gasteiger partial charge in [-0.05, 0) is 18.2 Å². The second-order valence-electron chi connectivity index (χ2n) is 2.23. The van der Waals surface area contributed by atoms with Crippen molar-refractivity contribution in [2.45, 2.75) is 0 Å².